The van der Waals surface area contributed by atoms with Crippen molar-refractivity contribution in [2.45, 2.75) is 25.3 Å². The molecule has 0 radical (unpaired) electrons. The normalized spacial score (nSPS) is 16.3. The van der Waals surface area contributed by atoms with Crippen LogP contribution in [0, 0.1) is 10.1 Å². The van der Waals surface area contributed by atoms with Gasteiger partial charge >= 0.3 is 0 Å². The highest BCUT2D eigenvalue weighted by atomic mass is 16.6. The number of hydrogen-bond donors (Lipinski definition) is 2. The van der Waals surface area contributed by atoms with E-state index in [2.05, 4.69) is 5.32 Å². The molecule has 2 rings (SSSR count). The van der Waals surface area contributed by atoms with E-state index < -0.39 is 4.92 Å². The molecule has 1 fully saturated rings. The van der Waals surface area contributed by atoms with Crippen LogP contribution >= 0.6 is 0 Å². The van der Waals surface area contributed by atoms with Crippen LogP contribution in [0.1, 0.15) is 30.1 Å². The third kappa shape index (κ3) is 2.20. The zero-order valence-corrected chi connectivity index (χ0v) is 9.40. The quantitative estimate of drug-likeness (QED) is 0.470. The van der Waals surface area contributed by atoms with E-state index in [-0.39, 0.29) is 28.4 Å². The van der Waals surface area contributed by atoms with Crippen molar-refractivity contribution in [1.82, 2.24) is 5.32 Å². The number of carbonyl (C=O) groups is 1. The van der Waals surface area contributed by atoms with E-state index in [1.54, 1.807) is 0 Å². The molecule has 0 bridgehead atoms. The lowest BCUT2D eigenvalue weighted by atomic mass is 10.1. The first-order valence-corrected chi connectivity index (χ1v) is 5.28. The van der Waals surface area contributed by atoms with Gasteiger partial charge in [0.2, 0.25) is 0 Å². The van der Waals surface area contributed by atoms with Crippen molar-refractivity contribution in [3.8, 4) is 0 Å². The first-order chi connectivity index (χ1) is 7.93. The third-order valence-corrected chi connectivity index (χ3v) is 2.94. The van der Waals surface area contributed by atoms with Gasteiger partial charge in [0, 0.05) is 11.6 Å². The molecule has 90 valence electrons. The summed E-state index contributed by atoms with van der Waals surface area (Å²) in [6, 6.07) is 4.23. The fraction of sp³-hybridized carbons (Fsp3) is 0.364. The van der Waals surface area contributed by atoms with Gasteiger partial charge in [-0.1, -0.05) is 6.07 Å². The predicted octanol–water partition coefficient (Wildman–Crippen LogP) is 1.46. The number of nitrogens with two attached hydrogens (primary N) is 1. The molecular weight excluding hydrogens is 222 g/mol. The maximum absolute atomic E-state index is 11.9. The molecule has 1 amide bonds. The van der Waals surface area contributed by atoms with Crippen molar-refractivity contribution in [3.63, 3.8) is 0 Å². The Morgan fingerprint density at radius 3 is 2.71 bits per heavy atom. The lowest BCUT2D eigenvalue weighted by Crippen LogP contribution is -2.34. The molecule has 6 heteroatoms. The van der Waals surface area contributed by atoms with Crippen molar-refractivity contribution >= 4 is 17.3 Å². The Kier molecular flexibility index (Phi) is 2.49. The third-order valence-electron chi connectivity index (χ3n) is 2.94. The number of hydrogen-bond acceptors (Lipinski definition) is 4. The molecule has 0 saturated heterocycles. The summed E-state index contributed by atoms with van der Waals surface area (Å²) in [6.45, 7) is 1.93. The van der Waals surface area contributed by atoms with Crippen LogP contribution in [0.25, 0.3) is 0 Å². The highest BCUT2D eigenvalue weighted by Gasteiger charge is 2.39. The summed E-state index contributed by atoms with van der Waals surface area (Å²) in [4.78, 5) is 22.0. The summed E-state index contributed by atoms with van der Waals surface area (Å²) in [5, 5.41) is 13.5. The molecule has 0 aliphatic heterocycles. The van der Waals surface area contributed by atoms with E-state index in [1.165, 1.54) is 18.2 Å². The van der Waals surface area contributed by atoms with Gasteiger partial charge < -0.3 is 11.1 Å². The number of nitrogens with zero attached hydrogens (tertiary/aromatic N) is 1. The summed E-state index contributed by atoms with van der Waals surface area (Å²) in [6.07, 6.45) is 1.85. The molecule has 0 heterocycles. The Balaban J connectivity index is 2.29. The molecule has 0 atom stereocenters. The first-order valence-electron chi connectivity index (χ1n) is 5.28. The van der Waals surface area contributed by atoms with Crippen LogP contribution in [0.15, 0.2) is 18.2 Å². The number of amides is 1. The minimum atomic E-state index is -0.592. The van der Waals surface area contributed by atoms with Gasteiger partial charge in [0.25, 0.3) is 11.6 Å². The number of rotatable bonds is 3. The highest BCUT2D eigenvalue weighted by molar-refractivity contribution is 6.01. The number of para-hydroxylation sites is 1. The highest BCUT2D eigenvalue weighted by Crippen LogP contribution is 2.35. The van der Waals surface area contributed by atoms with E-state index in [4.69, 9.17) is 5.73 Å². The second-order valence-electron chi connectivity index (χ2n) is 4.51. The van der Waals surface area contributed by atoms with Crippen LogP contribution < -0.4 is 11.1 Å². The topological polar surface area (TPSA) is 98.3 Å². The molecule has 6 nitrogen and oxygen atoms in total. The number of nitro groups is 1. The Morgan fingerprint density at radius 1 is 1.53 bits per heavy atom. The van der Waals surface area contributed by atoms with E-state index in [0.29, 0.717) is 0 Å². The first kappa shape index (κ1) is 11.4. The maximum Gasteiger partial charge on any atom is 0.292 e. The second-order valence-corrected chi connectivity index (χ2v) is 4.51. The molecule has 1 aromatic rings. The smallest absolute Gasteiger partial charge is 0.292 e. The average molecular weight is 235 g/mol. The molecule has 1 aliphatic rings. The standard InChI is InChI=1S/C11H13N3O3/c1-11(5-6-11)13-10(15)7-3-2-4-8(9(7)12)14(16)17/h2-4H,5-6,12H2,1H3,(H,13,15). The van der Waals surface area contributed by atoms with Gasteiger partial charge in [-0.15, -0.1) is 0 Å². The Morgan fingerprint density at radius 2 is 2.18 bits per heavy atom. The van der Waals surface area contributed by atoms with Gasteiger partial charge in [-0.3, -0.25) is 14.9 Å². The Labute approximate surface area is 98.0 Å². The predicted molar refractivity (Wildman–Crippen MR) is 62.6 cm³/mol. The Bertz CT molecular complexity index is 495. The molecule has 3 N–H and O–H groups in total. The molecule has 17 heavy (non-hydrogen) atoms. The van der Waals surface area contributed by atoms with Gasteiger partial charge in [-0.25, -0.2) is 0 Å². The van der Waals surface area contributed by atoms with Crippen LogP contribution in [0.2, 0.25) is 0 Å². The van der Waals surface area contributed by atoms with Crippen molar-refractivity contribution in [2.75, 3.05) is 5.73 Å². The molecule has 1 aliphatic carbocycles. The summed E-state index contributed by atoms with van der Waals surface area (Å²) >= 11 is 0. The summed E-state index contributed by atoms with van der Waals surface area (Å²) in [5.74, 6) is -0.355. The zero-order chi connectivity index (χ0) is 12.6. The van der Waals surface area contributed by atoms with Crippen LogP contribution in [-0.4, -0.2) is 16.4 Å². The van der Waals surface area contributed by atoms with E-state index >= 15 is 0 Å². The number of nitro benzene ring substituents is 1. The van der Waals surface area contributed by atoms with Crippen molar-refractivity contribution in [3.05, 3.63) is 33.9 Å². The molecule has 0 spiro atoms. The van der Waals surface area contributed by atoms with E-state index in [1.807, 2.05) is 6.92 Å². The van der Waals surface area contributed by atoms with Crippen molar-refractivity contribution < 1.29 is 9.72 Å². The van der Waals surface area contributed by atoms with E-state index in [0.717, 1.165) is 12.8 Å². The monoisotopic (exact) mass is 235 g/mol. The molecule has 1 saturated carbocycles. The second kappa shape index (κ2) is 3.73. The number of carbonyl (C=O) groups excluding carboxylic acids is 1. The van der Waals surface area contributed by atoms with Crippen molar-refractivity contribution in [2.24, 2.45) is 0 Å². The molecular formula is C11H13N3O3. The largest absolute Gasteiger partial charge is 0.393 e. The van der Waals surface area contributed by atoms with Crippen LogP contribution in [0.3, 0.4) is 0 Å². The SMILES string of the molecule is CC1(NC(=O)c2cccc([N+](=O)[O-])c2N)CC1. The summed E-state index contributed by atoms with van der Waals surface area (Å²) in [7, 11) is 0. The van der Waals surface area contributed by atoms with Crippen LogP contribution in [0.5, 0.6) is 0 Å². The number of nitrogen functional groups attached to an aromatic ring is 1. The molecule has 0 aromatic heterocycles. The van der Waals surface area contributed by atoms with Gasteiger partial charge in [-0.2, -0.15) is 0 Å². The Hall–Kier alpha value is -2.11. The van der Waals surface area contributed by atoms with Gasteiger partial charge in [0.05, 0.1) is 10.5 Å². The number of benzene rings is 1. The van der Waals surface area contributed by atoms with Crippen LogP contribution in [0.4, 0.5) is 11.4 Å². The summed E-state index contributed by atoms with van der Waals surface area (Å²) in [5.41, 5.74) is 5.29. The minimum Gasteiger partial charge on any atom is -0.393 e. The lowest BCUT2D eigenvalue weighted by molar-refractivity contribution is -0.383. The fourth-order valence-electron chi connectivity index (χ4n) is 1.56. The minimum absolute atomic E-state index is 0.0840. The average Bonchev–Trinajstić information content (AvgIpc) is 2.95. The van der Waals surface area contributed by atoms with Gasteiger partial charge in [0.1, 0.15) is 5.69 Å². The number of anilines is 1. The number of nitrogens with one attached hydrogen (secondary N) is 1. The van der Waals surface area contributed by atoms with E-state index in [9.17, 15) is 14.9 Å². The van der Waals surface area contributed by atoms with Crippen molar-refractivity contribution in [1.29, 1.82) is 0 Å². The molecule has 1 aromatic carbocycles. The lowest BCUT2D eigenvalue weighted by Gasteiger charge is -2.12. The fourth-order valence-corrected chi connectivity index (χ4v) is 1.56. The zero-order valence-electron chi connectivity index (χ0n) is 9.40. The summed E-state index contributed by atoms with van der Waals surface area (Å²) < 4.78 is 0. The van der Waals surface area contributed by atoms with Gasteiger partial charge in [-0.05, 0) is 25.8 Å². The maximum atomic E-state index is 11.9. The molecule has 0 unspecified atom stereocenters. The van der Waals surface area contributed by atoms with Crippen LogP contribution in [-0.2, 0) is 0 Å². The van der Waals surface area contributed by atoms with Gasteiger partial charge in [0.15, 0.2) is 0 Å².